The fraction of sp³-hybridized carbons (Fsp3) is 0.300. The van der Waals surface area contributed by atoms with E-state index >= 15 is 0 Å². The van der Waals surface area contributed by atoms with Crippen LogP contribution in [-0.4, -0.2) is 48.1 Å². The Morgan fingerprint density at radius 1 is 1.12 bits per heavy atom. The second-order valence-electron chi connectivity index (χ2n) is 6.85. The molecule has 6 heteroatoms. The Bertz CT molecular complexity index is 872. The molecule has 0 unspecified atom stereocenters. The molecule has 3 saturated heterocycles. The fourth-order valence-electron chi connectivity index (χ4n) is 4.05. The maximum atomic E-state index is 13.2. The highest BCUT2D eigenvalue weighted by molar-refractivity contribution is 6.19. The fourth-order valence-corrected chi connectivity index (χ4v) is 4.05. The van der Waals surface area contributed by atoms with E-state index in [1.54, 1.807) is 11.9 Å². The minimum atomic E-state index is -1.40. The highest BCUT2D eigenvalue weighted by Crippen LogP contribution is 2.54. The number of amides is 2. The minimum absolute atomic E-state index is 0.221. The van der Waals surface area contributed by atoms with E-state index in [0.29, 0.717) is 6.61 Å². The third kappa shape index (κ3) is 1.94. The molecule has 0 aliphatic carbocycles. The molecule has 5 rings (SSSR count). The van der Waals surface area contributed by atoms with Crippen LogP contribution in [0.4, 0.5) is 5.69 Å². The maximum Gasteiger partial charge on any atom is 0.271 e. The number of carbonyl (C=O) groups is 2. The van der Waals surface area contributed by atoms with Gasteiger partial charge in [0.1, 0.15) is 6.10 Å². The summed E-state index contributed by atoms with van der Waals surface area (Å²) >= 11 is 0. The molecule has 3 fully saturated rings. The normalized spacial score (nSPS) is 31.5. The summed E-state index contributed by atoms with van der Waals surface area (Å²) in [7, 11) is 1.67. The van der Waals surface area contributed by atoms with Crippen LogP contribution in [0.15, 0.2) is 60.7 Å². The van der Waals surface area contributed by atoms with Crippen LogP contribution < -0.4 is 4.90 Å². The average molecular weight is 350 g/mol. The lowest BCUT2D eigenvalue weighted by molar-refractivity contribution is -0.147. The summed E-state index contributed by atoms with van der Waals surface area (Å²) in [4.78, 5) is 29.5. The molecule has 2 aromatic rings. The lowest BCUT2D eigenvalue weighted by Crippen LogP contribution is -2.47. The summed E-state index contributed by atoms with van der Waals surface area (Å²) in [6.45, 7) is 0.375. The van der Waals surface area contributed by atoms with Crippen LogP contribution in [-0.2, 0) is 19.1 Å². The average Bonchev–Trinajstić information content (AvgIpc) is 3.21. The molecule has 132 valence electrons. The first-order chi connectivity index (χ1) is 12.6. The van der Waals surface area contributed by atoms with Gasteiger partial charge in [0.2, 0.25) is 0 Å². The van der Waals surface area contributed by atoms with Gasteiger partial charge in [0.25, 0.3) is 17.4 Å². The van der Waals surface area contributed by atoms with Gasteiger partial charge in [-0.15, -0.1) is 0 Å². The summed E-state index contributed by atoms with van der Waals surface area (Å²) in [5.74, 6) is -0.619. The van der Waals surface area contributed by atoms with E-state index < -0.39 is 17.9 Å². The first-order valence-electron chi connectivity index (χ1n) is 8.65. The van der Waals surface area contributed by atoms with E-state index in [4.69, 9.17) is 9.47 Å². The first kappa shape index (κ1) is 15.5. The van der Waals surface area contributed by atoms with Crippen LogP contribution >= 0.6 is 0 Å². The van der Waals surface area contributed by atoms with Crippen LogP contribution in [0.1, 0.15) is 11.8 Å². The Kier molecular flexibility index (Phi) is 3.23. The number of rotatable bonds is 3. The second kappa shape index (κ2) is 5.40. The second-order valence-corrected chi connectivity index (χ2v) is 6.85. The number of morpholine rings is 1. The molecule has 0 bridgehead atoms. The van der Waals surface area contributed by atoms with Crippen molar-refractivity contribution in [1.82, 2.24) is 4.90 Å². The van der Waals surface area contributed by atoms with Crippen molar-refractivity contribution < 1.29 is 19.1 Å². The highest BCUT2D eigenvalue weighted by Gasteiger charge is 2.80. The summed E-state index contributed by atoms with van der Waals surface area (Å²) in [5, 5.41) is 0. The Morgan fingerprint density at radius 3 is 2.46 bits per heavy atom. The molecule has 0 radical (unpaired) electrons. The monoisotopic (exact) mass is 350 g/mol. The van der Waals surface area contributed by atoms with Crippen LogP contribution in [0, 0.1) is 0 Å². The quantitative estimate of drug-likeness (QED) is 0.625. The molecule has 2 aromatic carbocycles. The maximum absolute atomic E-state index is 13.2. The largest absolute Gasteiger partial charge is 0.352 e. The Balaban J connectivity index is 1.44. The third-order valence-electron chi connectivity index (χ3n) is 5.44. The summed E-state index contributed by atoms with van der Waals surface area (Å²) in [6, 6.07) is 18.6. The molecular formula is C20H18N2O4. The zero-order chi connectivity index (χ0) is 17.9. The molecule has 0 N–H and O–H groups in total. The van der Waals surface area contributed by atoms with Gasteiger partial charge in [-0.05, 0) is 12.1 Å². The van der Waals surface area contributed by atoms with Crippen LogP contribution in [0.2, 0.25) is 0 Å². The zero-order valence-corrected chi connectivity index (χ0v) is 14.2. The van der Waals surface area contributed by atoms with Crippen molar-refractivity contribution in [1.29, 1.82) is 0 Å². The van der Waals surface area contributed by atoms with Gasteiger partial charge in [-0.25, -0.2) is 0 Å². The molecule has 0 spiro atoms. The SMILES string of the molecule is CN(C(=O)[C@@]12O[C@@H]1[C@H]1CO[C@H](c3ccccc3)N1C2=O)c1ccccc1. The number of benzene rings is 2. The molecule has 26 heavy (non-hydrogen) atoms. The smallest absolute Gasteiger partial charge is 0.271 e. The molecule has 3 aliphatic rings. The van der Waals surface area contributed by atoms with Gasteiger partial charge in [-0.2, -0.15) is 0 Å². The van der Waals surface area contributed by atoms with Crippen molar-refractivity contribution in [2.45, 2.75) is 24.0 Å². The third-order valence-corrected chi connectivity index (χ3v) is 5.44. The van der Waals surface area contributed by atoms with Gasteiger partial charge in [-0.3, -0.25) is 9.59 Å². The zero-order valence-electron chi connectivity index (χ0n) is 14.2. The van der Waals surface area contributed by atoms with Crippen molar-refractivity contribution in [3.63, 3.8) is 0 Å². The number of ether oxygens (including phenoxy) is 2. The molecule has 0 aromatic heterocycles. The van der Waals surface area contributed by atoms with E-state index in [-0.39, 0.29) is 17.9 Å². The van der Waals surface area contributed by atoms with Gasteiger partial charge in [-0.1, -0.05) is 48.5 Å². The van der Waals surface area contributed by atoms with Crippen molar-refractivity contribution >= 4 is 17.5 Å². The molecular weight excluding hydrogens is 332 g/mol. The lowest BCUT2D eigenvalue weighted by Gasteiger charge is -2.26. The minimum Gasteiger partial charge on any atom is -0.352 e. The van der Waals surface area contributed by atoms with Gasteiger partial charge >= 0.3 is 0 Å². The summed E-state index contributed by atoms with van der Waals surface area (Å²) in [6.07, 6.45) is -0.904. The summed E-state index contributed by atoms with van der Waals surface area (Å²) < 4.78 is 11.5. The molecule has 3 aliphatic heterocycles. The number of hydrogen-bond donors (Lipinski definition) is 0. The number of para-hydroxylation sites is 1. The van der Waals surface area contributed by atoms with Crippen LogP contribution in [0.25, 0.3) is 0 Å². The topological polar surface area (TPSA) is 62.4 Å². The first-order valence-corrected chi connectivity index (χ1v) is 8.65. The standard InChI is InChI=1S/C20H18N2O4/c1-21(14-10-6-3-7-11-14)18(23)20-16(26-20)15-12-25-17(22(15)19(20)24)13-8-4-2-5-9-13/h2-11,15-17H,12H2,1H3/t15-,16-,17-,20+/m1/s1. The highest BCUT2D eigenvalue weighted by atomic mass is 16.6. The van der Waals surface area contributed by atoms with Gasteiger partial charge < -0.3 is 19.3 Å². The number of likely N-dealkylation sites (N-methyl/N-ethyl adjacent to an activating group) is 1. The number of carbonyl (C=O) groups excluding carboxylic acids is 2. The van der Waals surface area contributed by atoms with E-state index in [1.165, 1.54) is 4.90 Å². The van der Waals surface area contributed by atoms with Crippen molar-refractivity contribution in [3.05, 3.63) is 66.2 Å². The molecule has 3 heterocycles. The van der Waals surface area contributed by atoms with Crippen LogP contribution in [0.5, 0.6) is 0 Å². The Labute approximate surface area is 150 Å². The van der Waals surface area contributed by atoms with Crippen LogP contribution in [0.3, 0.4) is 0 Å². The Morgan fingerprint density at radius 2 is 1.77 bits per heavy atom. The number of hydrogen-bond acceptors (Lipinski definition) is 4. The van der Waals surface area contributed by atoms with E-state index in [2.05, 4.69) is 0 Å². The lowest BCUT2D eigenvalue weighted by atomic mass is 10.0. The molecule has 4 atom stereocenters. The van der Waals surface area contributed by atoms with E-state index in [9.17, 15) is 9.59 Å². The number of fused-ring (bicyclic) bond motifs is 3. The van der Waals surface area contributed by atoms with Gasteiger partial charge in [0.05, 0.1) is 12.6 Å². The van der Waals surface area contributed by atoms with Crippen molar-refractivity contribution in [2.24, 2.45) is 0 Å². The molecule has 2 amide bonds. The Hall–Kier alpha value is -2.70. The molecule has 6 nitrogen and oxygen atoms in total. The summed E-state index contributed by atoms with van der Waals surface area (Å²) in [5.41, 5.74) is 0.243. The van der Waals surface area contributed by atoms with Crippen molar-refractivity contribution in [2.75, 3.05) is 18.6 Å². The predicted octanol–water partition coefficient (Wildman–Crippen LogP) is 1.73. The van der Waals surface area contributed by atoms with Crippen molar-refractivity contribution in [3.8, 4) is 0 Å². The number of epoxide rings is 1. The number of nitrogens with zero attached hydrogens (tertiary/aromatic N) is 2. The number of anilines is 1. The van der Waals surface area contributed by atoms with Gasteiger partial charge in [0.15, 0.2) is 6.23 Å². The molecule has 0 saturated carbocycles. The van der Waals surface area contributed by atoms with Gasteiger partial charge in [0, 0.05) is 18.3 Å². The predicted molar refractivity (Wildman–Crippen MR) is 93.2 cm³/mol. The van der Waals surface area contributed by atoms with E-state index in [1.807, 2.05) is 60.7 Å². The van der Waals surface area contributed by atoms with E-state index in [0.717, 1.165) is 11.3 Å².